The second kappa shape index (κ2) is 6.40. The van der Waals surface area contributed by atoms with Crippen LogP contribution in [0.4, 0.5) is 11.4 Å². The predicted molar refractivity (Wildman–Crippen MR) is 80.5 cm³/mol. The maximum absolute atomic E-state index is 11.0. The molecule has 0 amide bonds. The zero-order valence-electron chi connectivity index (χ0n) is 11.2. The van der Waals surface area contributed by atoms with E-state index in [1.165, 1.54) is 18.2 Å². The maximum Gasteiger partial charge on any atom is 0.283 e. The molecule has 0 aliphatic rings. The number of aldehydes is 1. The molecule has 0 heterocycles. The van der Waals surface area contributed by atoms with Crippen molar-refractivity contribution in [2.24, 2.45) is 0 Å². The second-order valence-corrected chi connectivity index (χ2v) is 4.34. The summed E-state index contributed by atoms with van der Waals surface area (Å²) in [6, 6.07) is 10.2. The minimum atomic E-state index is -0.692. The van der Waals surface area contributed by atoms with Gasteiger partial charge in [0, 0.05) is 11.6 Å². The molecule has 0 radical (unpaired) electrons. The topological polar surface area (TPSA) is 103 Å². The van der Waals surface area contributed by atoms with E-state index in [0.717, 1.165) is 6.07 Å². The number of nitro benzene ring substituents is 2. The molecule has 0 atom stereocenters. The van der Waals surface area contributed by atoms with Crippen molar-refractivity contribution in [3.8, 4) is 0 Å². The SMILES string of the molecule is O=Cc1ccccc1C=Cc1ccc([N+](=O)[O-])cc1[N+](=O)[O-]. The van der Waals surface area contributed by atoms with Gasteiger partial charge < -0.3 is 0 Å². The molecule has 2 aromatic carbocycles. The third-order valence-electron chi connectivity index (χ3n) is 2.99. The molecule has 0 fully saturated rings. The van der Waals surface area contributed by atoms with Gasteiger partial charge in [-0.25, -0.2) is 0 Å². The van der Waals surface area contributed by atoms with Crippen molar-refractivity contribution in [3.05, 3.63) is 79.4 Å². The van der Waals surface area contributed by atoms with Gasteiger partial charge in [-0.3, -0.25) is 25.0 Å². The fraction of sp³-hybridized carbons (Fsp3) is 0. The Bertz CT molecular complexity index is 783. The molecule has 22 heavy (non-hydrogen) atoms. The standard InChI is InChI=1S/C15H10N2O5/c18-10-13-4-2-1-3-11(13)5-6-12-7-8-14(16(19)20)9-15(12)17(21)22/h1-10H. The highest BCUT2D eigenvalue weighted by Crippen LogP contribution is 2.26. The zero-order valence-corrected chi connectivity index (χ0v) is 11.2. The van der Waals surface area contributed by atoms with Crippen molar-refractivity contribution in [1.29, 1.82) is 0 Å². The van der Waals surface area contributed by atoms with Crippen molar-refractivity contribution >= 4 is 29.8 Å². The normalized spacial score (nSPS) is 10.5. The highest BCUT2D eigenvalue weighted by Gasteiger charge is 2.17. The quantitative estimate of drug-likeness (QED) is 0.364. The Kier molecular flexibility index (Phi) is 4.38. The molecule has 7 heteroatoms. The first kappa shape index (κ1) is 15.0. The van der Waals surface area contributed by atoms with Crippen LogP contribution in [0.3, 0.4) is 0 Å². The Hall–Kier alpha value is -3.35. The van der Waals surface area contributed by atoms with E-state index in [-0.39, 0.29) is 16.9 Å². The van der Waals surface area contributed by atoms with Crippen LogP contribution in [0.15, 0.2) is 42.5 Å². The van der Waals surface area contributed by atoms with Crippen molar-refractivity contribution < 1.29 is 14.6 Å². The largest absolute Gasteiger partial charge is 0.298 e. The molecular formula is C15H10N2O5. The number of benzene rings is 2. The van der Waals surface area contributed by atoms with Crippen LogP contribution in [-0.4, -0.2) is 16.1 Å². The Morgan fingerprint density at radius 2 is 1.45 bits per heavy atom. The van der Waals surface area contributed by atoms with E-state index in [2.05, 4.69) is 0 Å². The highest BCUT2D eigenvalue weighted by molar-refractivity contribution is 5.85. The van der Waals surface area contributed by atoms with Crippen molar-refractivity contribution in [1.82, 2.24) is 0 Å². The summed E-state index contributed by atoms with van der Waals surface area (Å²) >= 11 is 0. The molecule has 2 rings (SSSR count). The number of carbonyl (C=O) groups is 1. The molecule has 0 aromatic heterocycles. The molecule has 0 bridgehead atoms. The third kappa shape index (κ3) is 3.21. The first-order valence-corrected chi connectivity index (χ1v) is 6.18. The first-order valence-electron chi connectivity index (χ1n) is 6.18. The fourth-order valence-electron chi connectivity index (χ4n) is 1.89. The summed E-state index contributed by atoms with van der Waals surface area (Å²) in [5, 5.41) is 21.7. The van der Waals surface area contributed by atoms with E-state index in [1.54, 1.807) is 30.3 Å². The van der Waals surface area contributed by atoms with Gasteiger partial charge in [0.05, 0.1) is 21.5 Å². The smallest absolute Gasteiger partial charge is 0.283 e. The molecule has 0 saturated carbocycles. The van der Waals surface area contributed by atoms with Gasteiger partial charge in [-0.1, -0.05) is 30.3 Å². The molecule has 0 unspecified atom stereocenters. The molecule has 7 nitrogen and oxygen atoms in total. The lowest BCUT2D eigenvalue weighted by molar-refractivity contribution is -0.394. The molecule has 0 saturated heterocycles. The van der Waals surface area contributed by atoms with Crippen LogP contribution in [0.1, 0.15) is 21.5 Å². The average molecular weight is 298 g/mol. The van der Waals surface area contributed by atoms with Crippen LogP contribution in [0.25, 0.3) is 12.2 Å². The molecule has 110 valence electrons. The van der Waals surface area contributed by atoms with E-state index in [0.29, 0.717) is 17.4 Å². The first-order chi connectivity index (χ1) is 10.5. The average Bonchev–Trinajstić information content (AvgIpc) is 2.52. The van der Waals surface area contributed by atoms with Crippen LogP contribution in [0, 0.1) is 20.2 Å². The number of nitro groups is 2. The summed E-state index contributed by atoms with van der Waals surface area (Å²) in [6.45, 7) is 0. The van der Waals surface area contributed by atoms with Gasteiger partial charge in [-0.15, -0.1) is 0 Å². The summed E-state index contributed by atoms with van der Waals surface area (Å²) in [7, 11) is 0. The van der Waals surface area contributed by atoms with Gasteiger partial charge in [0.25, 0.3) is 11.4 Å². The van der Waals surface area contributed by atoms with Gasteiger partial charge in [0.15, 0.2) is 6.29 Å². The van der Waals surface area contributed by atoms with Gasteiger partial charge in [-0.05, 0) is 17.7 Å². The van der Waals surface area contributed by atoms with E-state index < -0.39 is 9.85 Å². The lowest BCUT2D eigenvalue weighted by Gasteiger charge is -2.00. The van der Waals surface area contributed by atoms with Crippen LogP contribution >= 0.6 is 0 Å². The third-order valence-corrected chi connectivity index (χ3v) is 2.99. The number of hydrogen-bond donors (Lipinski definition) is 0. The maximum atomic E-state index is 11.0. The second-order valence-electron chi connectivity index (χ2n) is 4.34. The van der Waals surface area contributed by atoms with Gasteiger partial charge in [0.1, 0.15) is 0 Å². The molecule has 0 aliphatic heterocycles. The lowest BCUT2D eigenvalue weighted by atomic mass is 10.1. The Morgan fingerprint density at radius 1 is 0.818 bits per heavy atom. The van der Waals surface area contributed by atoms with Crippen LogP contribution < -0.4 is 0 Å². The van der Waals surface area contributed by atoms with E-state index >= 15 is 0 Å². The minimum Gasteiger partial charge on any atom is -0.298 e. The van der Waals surface area contributed by atoms with E-state index in [9.17, 15) is 25.0 Å². The lowest BCUT2D eigenvalue weighted by Crippen LogP contribution is -1.95. The molecule has 0 N–H and O–H groups in total. The van der Waals surface area contributed by atoms with Crippen molar-refractivity contribution in [2.75, 3.05) is 0 Å². The summed E-state index contributed by atoms with van der Waals surface area (Å²) in [4.78, 5) is 31.2. The van der Waals surface area contributed by atoms with E-state index in [1.807, 2.05) is 0 Å². The molecule has 2 aromatic rings. The van der Waals surface area contributed by atoms with E-state index in [4.69, 9.17) is 0 Å². The number of non-ortho nitro benzene ring substituents is 1. The Morgan fingerprint density at radius 3 is 2.05 bits per heavy atom. The monoisotopic (exact) mass is 298 g/mol. The highest BCUT2D eigenvalue weighted by atomic mass is 16.6. The zero-order chi connectivity index (χ0) is 16.1. The Balaban J connectivity index is 2.44. The number of rotatable bonds is 5. The van der Waals surface area contributed by atoms with Crippen molar-refractivity contribution in [3.63, 3.8) is 0 Å². The van der Waals surface area contributed by atoms with Gasteiger partial charge in [-0.2, -0.15) is 0 Å². The molecule has 0 aliphatic carbocycles. The van der Waals surface area contributed by atoms with Crippen LogP contribution in [0.2, 0.25) is 0 Å². The fourth-order valence-corrected chi connectivity index (χ4v) is 1.89. The summed E-state index contributed by atoms with van der Waals surface area (Å²) in [6.07, 6.45) is 3.69. The van der Waals surface area contributed by atoms with Gasteiger partial charge >= 0.3 is 0 Å². The number of nitrogens with zero attached hydrogens (tertiary/aromatic N) is 2. The Labute approximate surface area is 124 Å². The van der Waals surface area contributed by atoms with Gasteiger partial charge in [0.2, 0.25) is 0 Å². The molecule has 0 spiro atoms. The number of hydrogen-bond acceptors (Lipinski definition) is 5. The van der Waals surface area contributed by atoms with Crippen LogP contribution in [-0.2, 0) is 0 Å². The molecular weight excluding hydrogens is 288 g/mol. The predicted octanol–water partition coefficient (Wildman–Crippen LogP) is 3.49. The van der Waals surface area contributed by atoms with Crippen molar-refractivity contribution in [2.45, 2.75) is 0 Å². The summed E-state index contributed by atoms with van der Waals surface area (Å²) in [5.74, 6) is 0. The number of carbonyl (C=O) groups excluding carboxylic acids is 1. The summed E-state index contributed by atoms with van der Waals surface area (Å²) < 4.78 is 0. The van der Waals surface area contributed by atoms with Crippen LogP contribution in [0.5, 0.6) is 0 Å². The summed E-state index contributed by atoms with van der Waals surface area (Å²) in [5.41, 5.74) is 0.552. The minimum absolute atomic E-state index is 0.219.